The monoisotopic (exact) mass is 906 g/mol. The summed E-state index contributed by atoms with van der Waals surface area (Å²) in [5, 5.41) is 10.2. The average Bonchev–Trinajstić information content (AvgIpc) is 3.95. The van der Waals surface area contributed by atoms with E-state index >= 15 is 0 Å². The van der Waals surface area contributed by atoms with Gasteiger partial charge < -0.3 is 66.7 Å². The molecule has 356 valence electrons. The van der Waals surface area contributed by atoms with Gasteiger partial charge in [0, 0.05) is 24.9 Å². The van der Waals surface area contributed by atoms with Crippen LogP contribution in [0, 0.1) is 23.7 Å². The molecule has 0 amide bonds. The maximum atomic E-state index is 12.2. The van der Waals surface area contributed by atoms with Crippen molar-refractivity contribution in [3.63, 3.8) is 0 Å². The summed E-state index contributed by atoms with van der Waals surface area (Å²) in [5.41, 5.74) is 3.96. The van der Waals surface area contributed by atoms with Crippen LogP contribution in [0.1, 0.15) is 54.2 Å². The summed E-state index contributed by atoms with van der Waals surface area (Å²) in [6.07, 6.45) is 2.05. The predicted octanol–water partition coefficient (Wildman–Crippen LogP) is 7.89. The Labute approximate surface area is 383 Å². The number of aliphatic hydroxyl groups is 1. The lowest BCUT2D eigenvalue weighted by Gasteiger charge is -2.24. The molecule has 15 heteroatoms. The number of rotatable bonds is 21. The molecule has 2 saturated heterocycles. The molecule has 4 aromatic rings. The Morgan fingerprint density at radius 3 is 1.26 bits per heavy atom. The third-order valence-corrected chi connectivity index (χ3v) is 12.0. The summed E-state index contributed by atoms with van der Waals surface area (Å²) in [6, 6.07) is 19.3. The second kappa shape index (κ2) is 24.5. The van der Waals surface area contributed by atoms with Crippen LogP contribution in [0.25, 0.3) is 0 Å². The molecular weight excluding hydrogens is 841 g/mol. The molecule has 6 rings (SSSR count). The number of carbonyl (C=O) groups is 1. The SMILES string of the molecule is CCCC(=O)OC[C@H]1[C@@H](Cc2ccc(OC)c(OC)c2)CO[C@@H]1c1cc(OC)c(OC)c(OC)c1.COc1ccc(C[C@H]2CO[C@H](c3cc(OC)c(OC)c(OC)c3)[C@H]2CO)cc1OC. The van der Waals surface area contributed by atoms with E-state index < -0.39 is 0 Å². The molecule has 0 spiro atoms. The molecule has 15 nitrogen and oxygen atoms in total. The number of methoxy groups -OCH3 is 10. The Kier molecular flexibility index (Phi) is 18.9. The molecule has 2 aliphatic rings. The molecule has 2 fully saturated rings. The van der Waals surface area contributed by atoms with Gasteiger partial charge in [-0.3, -0.25) is 4.79 Å². The Hall–Kier alpha value is -5.77. The molecule has 0 aromatic heterocycles. The molecular formula is C50H66O15. The molecule has 0 bridgehead atoms. The predicted molar refractivity (Wildman–Crippen MR) is 243 cm³/mol. The number of aliphatic hydroxyl groups excluding tert-OH is 1. The van der Waals surface area contributed by atoms with Crippen molar-refractivity contribution in [1.82, 2.24) is 0 Å². The zero-order valence-corrected chi connectivity index (χ0v) is 39.6. The molecule has 0 aliphatic carbocycles. The lowest BCUT2D eigenvalue weighted by molar-refractivity contribution is -0.146. The van der Waals surface area contributed by atoms with Gasteiger partial charge in [0.15, 0.2) is 46.0 Å². The van der Waals surface area contributed by atoms with Gasteiger partial charge in [-0.25, -0.2) is 0 Å². The normalized spacial score (nSPS) is 19.9. The zero-order valence-electron chi connectivity index (χ0n) is 39.6. The summed E-state index contributed by atoms with van der Waals surface area (Å²) in [4.78, 5) is 12.2. The standard InChI is InChI=1S/C27H36O8.C23H30O7/c1-7-8-25(28)34-16-20-19(11-17-9-10-21(29-2)22(12-17)30-3)15-35-26(20)18-13-23(31-4)27(33-6)24(14-18)32-5;1-25-18-7-6-14(9-19(18)26-2)8-16-13-30-22(17(16)12-24)15-10-20(27-3)23(29-5)21(11-15)28-4/h9-10,12-14,19-20,26H,7-8,11,15-16H2,1-6H3;6-7,9-11,16-17,22,24H,8,12-13H2,1-5H3/t19-,20-,26+;16-,17-,22+/m00/s1. The summed E-state index contributed by atoms with van der Waals surface area (Å²) in [7, 11) is 16.0. The first-order valence-corrected chi connectivity index (χ1v) is 21.6. The van der Waals surface area contributed by atoms with Crippen molar-refractivity contribution in [1.29, 1.82) is 0 Å². The van der Waals surface area contributed by atoms with E-state index in [4.69, 9.17) is 61.6 Å². The van der Waals surface area contributed by atoms with Crippen LogP contribution < -0.4 is 47.4 Å². The number of carbonyl (C=O) groups excluding carboxylic acids is 1. The summed E-state index contributed by atoms with van der Waals surface area (Å²) in [6.45, 7) is 3.29. The second-order valence-electron chi connectivity index (χ2n) is 15.7. The molecule has 6 atom stereocenters. The van der Waals surface area contributed by atoms with Crippen LogP contribution in [0.5, 0.6) is 57.5 Å². The summed E-state index contributed by atoms with van der Waals surface area (Å²) < 4.78 is 72.6. The molecule has 0 unspecified atom stereocenters. The quantitative estimate of drug-likeness (QED) is 0.0805. The largest absolute Gasteiger partial charge is 0.493 e. The molecule has 1 N–H and O–H groups in total. The van der Waals surface area contributed by atoms with E-state index in [0.717, 1.165) is 41.5 Å². The third kappa shape index (κ3) is 11.9. The fourth-order valence-electron chi connectivity index (χ4n) is 8.64. The van der Waals surface area contributed by atoms with Crippen LogP contribution in [0.15, 0.2) is 60.7 Å². The van der Waals surface area contributed by atoms with Crippen molar-refractivity contribution in [3.8, 4) is 57.5 Å². The van der Waals surface area contributed by atoms with Crippen LogP contribution in [0.4, 0.5) is 0 Å². The van der Waals surface area contributed by atoms with Gasteiger partial charge in [-0.1, -0.05) is 19.1 Å². The number of hydrogen-bond donors (Lipinski definition) is 1. The van der Waals surface area contributed by atoms with E-state index in [1.807, 2.05) is 67.6 Å². The van der Waals surface area contributed by atoms with Crippen LogP contribution >= 0.6 is 0 Å². The summed E-state index contributed by atoms with van der Waals surface area (Å²) in [5.74, 6) is 5.96. The van der Waals surface area contributed by atoms with Crippen LogP contribution in [0.2, 0.25) is 0 Å². The second-order valence-corrected chi connectivity index (χ2v) is 15.7. The number of esters is 1. The molecule has 2 heterocycles. The third-order valence-electron chi connectivity index (χ3n) is 12.0. The highest BCUT2D eigenvalue weighted by Crippen LogP contribution is 2.48. The van der Waals surface area contributed by atoms with Gasteiger partial charge >= 0.3 is 5.97 Å². The van der Waals surface area contributed by atoms with Gasteiger partial charge in [0.2, 0.25) is 11.5 Å². The fourth-order valence-corrected chi connectivity index (χ4v) is 8.64. The van der Waals surface area contributed by atoms with E-state index in [0.29, 0.717) is 77.1 Å². The highest BCUT2D eigenvalue weighted by Gasteiger charge is 2.41. The molecule has 0 radical (unpaired) electrons. The first-order chi connectivity index (χ1) is 31.6. The minimum absolute atomic E-state index is 0.0132. The van der Waals surface area contributed by atoms with Crippen LogP contribution in [0.3, 0.4) is 0 Å². The lowest BCUT2D eigenvalue weighted by atomic mass is 9.84. The molecule has 65 heavy (non-hydrogen) atoms. The number of hydrogen-bond acceptors (Lipinski definition) is 15. The minimum Gasteiger partial charge on any atom is -0.493 e. The fraction of sp³-hybridized carbons (Fsp3) is 0.500. The average molecular weight is 907 g/mol. The van der Waals surface area contributed by atoms with Gasteiger partial charge in [-0.2, -0.15) is 0 Å². The van der Waals surface area contributed by atoms with Crippen molar-refractivity contribution in [2.45, 2.75) is 44.8 Å². The van der Waals surface area contributed by atoms with E-state index in [9.17, 15) is 9.90 Å². The Morgan fingerprint density at radius 2 is 0.908 bits per heavy atom. The topological polar surface area (TPSA) is 157 Å². The number of benzene rings is 4. The van der Waals surface area contributed by atoms with Gasteiger partial charge in [0.05, 0.1) is 103 Å². The Morgan fingerprint density at radius 1 is 0.523 bits per heavy atom. The molecule has 4 aromatic carbocycles. The van der Waals surface area contributed by atoms with Gasteiger partial charge in [0.1, 0.15) is 0 Å². The van der Waals surface area contributed by atoms with E-state index in [2.05, 4.69) is 0 Å². The minimum atomic E-state index is -0.303. The van der Waals surface area contributed by atoms with Gasteiger partial charge in [-0.05, 0) is 102 Å². The summed E-state index contributed by atoms with van der Waals surface area (Å²) >= 11 is 0. The first kappa shape index (κ1) is 50.2. The lowest BCUT2D eigenvalue weighted by Crippen LogP contribution is -2.24. The maximum Gasteiger partial charge on any atom is 0.305 e. The van der Waals surface area contributed by atoms with Crippen molar-refractivity contribution in [2.75, 3.05) is 97.5 Å². The molecule has 0 saturated carbocycles. The highest BCUT2D eigenvalue weighted by atomic mass is 16.6. The van der Waals surface area contributed by atoms with Crippen LogP contribution in [-0.4, -0.2) is 109 Å². The smallest absolute Gasteiger partial charge is 0.305 e. The van der Waals surface area contributed by atoms with Crippen molar-refractivity contribution in [3.05, 3.63) is 82.9 Å². The molecule has 2 aliphatic heterocycles. The highest BCUT2D eigenvalue weighted by molar-refractivity contribution is 5.69. The zero-order chi connectivity index (χ0) is 47.0. The van der Waals surface area contributed by atoms with E-state index in [-0.39, 0.29) is 55.1 Å². The first-order valence-electron chi connectivity index (χ1n) is 21.6. The van der Waals surface area contributed by atoms with Gasteiger partial charge in [0.25, 0.3) is 0 Å². The Balaban J connectivity index is 0.000000247. The van der Waals surface area contributed by atoms with Crippen molar-refractivity contribution < 1.29 is 71.5 Å². The maximum absolute atomic E-state index is 12.2. The Bertz CT molecular complexity index is 2090. The van der Waals surface area contributed by atoms with E-state index in [1.165, 1.54) is 0 Å². The van der Waals surface area contributed by atoms with E-state index in [1.54, 1.807) is 71.1 Å². The number of ether oxygens (including phenoxy) is 13. The van der Waals surface area contributed by atoms with Crippen molar-refractivity contribution in [2.24, 2.45) is 23.7 Å². The van der Waals surface area contributed by atoms with Crippen molar-refractivity contribution >= 4 is 5.97 Å². The van der Waals surface area contributed by atoms with Crippen LogP contribution in [-0.2, 0) is 31.8 Å². The van der Waals surface area contributed by atoms with Gasteiger partial charge in [-0.15, -0.1) is 0 Å².